The molecule has 3 unspecified atom stereocenters. The molecule has 0 aromatic heterocycles. The molecule has 3 atom stereocenters. The van der Waals surface area contributed by atoms with E-state index in [1.54, 1.807) is 7.11 Å². The number of halogens is 2. The first-order chi connectivity index (χ1) is 12.8. The van der Waals surface area contributed by atoms with Crippen LogP contribution in [0.3, 0.4) is 0 Å². The van der Waals surface area contributed by atoms with Crippen molar-refractivity contribution in [1.82, 2.24) is 14.9 Å². The smallest absolute Gasteiger partial charge is 0.257 e. The van der Waals surface area contributed by atoms with Crippen molar-refractivity contribution in [2.75, 3.05) is 20.3 Å². The predicted molar refractivity (Wildman–Crippen MR) is 102 cm³/mol. The Hall–Kier alpha value is -1.81. The van der Waals surface area contributed by atoms with Crippen molar-refractivity contribution in [3.63, 3.8) is 0 Å². The van der Waals surface area contributed by atoms with E-state index in [9.17, 15) is 14.0 Å². The number of nitrogens with one attached hydrogen (secondary N) is 2. The standard InChI is InChI=1S/C17H21ClFN3O4S/c1-10(21-17(24)16-11(2)22(16)27-25-3)6-7-20-15(23)9-26-12-4-5-13(18)14(19)8-12/h4-5,8,11,16H,1,6-7,9H2,2-3H3,(H,20,23)(H,21,24). The molecular formula is C17H21ClFN3O4S. The van der Waals surface area contributed by atoms with Gasteiger partial charge in [0, 0.05) is 30.8 Å². The molecule has 1 aromatic carbocycles. The quantitative estimate of drug-likeness (QED) is 0.345. The number of nitrogens with zero attached hydrogens (tertiary/aromatic N) is 1. The molecule has 0 spiro atoms. The van der Waals surface area contributed by atoms with E-state index in [-0.39, 0.29) is 47.8 Å². The average molecular weight is 418 g/mol. The molecule has 1 saturated heterocycles. The first-order valence-corrected chi connectivity index (χ1v) is 9.23. The first-order valence-electron chi connectivity index (χ1n) is 8.15. The zero-order chi connectivity index (χ0) is 20.0. The van der Waals surface area contributed by atoms with Crippen molar-refractivity contribution in [2.45, 2.75) is 25.4 Å². The average Bonchev–Trinajstić information content (AvgIpc) is 3.25. The van der Waals surface area contributed by atoms with Crippen molar-refractivity contribution in [3.8, 4) is 5.75 Å². The van der Waals surface area contributed by atoms with Crippen molar-refractivity contribution in [1.29, 1.82) is 0 Å². The highest BCUT2D eigenvalue weighted by atomic mass is 35.5. The summed E-state index contributed by atoms with van der Waals surface area (Å²) in [7, 11) is 1.54. The molecular weight excluding hydrogens is 397 g/mol. The fourth-order valence-corrected chi connectivity index (χ4v) is 3.14. The molecule has 0 saturated carbocycles. The predicted octanol–water partition coefficient (Wildman–Crippen LogP) is 2.28. The lowest BCUT2D eigenvalue weighted by molar-refractivity contribution is -0.123. The van der Waals surface area contributed by atoms with Crippen LogP contribution in [0.15, 0.2) is 30.5 Å². The number of ether oxygens (including phenoxy) is 1. The summed E-state index contributed by atoms with van der Waals surface area (Å²) in [6, 6.07) is 3.77. The number of hydrogen-bond acceptors (Lipinski definition) is 6. The molecule has 7 nitrogen and oxygen atoms in total. The van der Waals surface area contributed by atoms with Gasteiger partial charge in [-0.15, -0.1) is 0 Å². The van der Waals surface area contributed by atoms with E-state index < -0.39 is 5.82 Å². The molecule has 2 rings (SSSR count). The van der Waals surface area contributed by atoms with Crippen molar-refractivity contribution < 1.29 is 22.9 Å². The van der Waals surface area contributed by atoms with Crippen molar-refractivity contribution in [3.05, 3.63) is 41.3 Å². The van der Waals surface area contributed by atoms with Gasteiger partial charge in [-0.25, -0.2) is 8.70 Å². The monoisotopic (exact) mass is 417 g/mol. The third-order valence-corrected chi connectivity index (χ3v) is 4.97. The fourth-order valence-electron chi connectivity index (χ4n) is 2.29. The Morgan fingerprint density at radius 2 is 2.19 bits per heavy atom. The number of carbonyl (C=O) groups excluding carboxylic acids is 2. The van der Waals surface area contributed by atoms with E-state index in [2.05, 4.69) is 17.2 Å². The van der Waals surface area contributed by atoms with Gasteiger partial charge in [0.05, 0.1) is 24.4 Å². The lowest BCUT2D eigenvalue weighted by Gasteiger charge is -2.10. The summed E-state index contributed by atoms with van der Waals surface area (Å²) < 4.78 is 25.2. The van der Waals surface area contributed by atoms with Gasteiger partial charge >= 0.3 is 0 Å². The van der Waals surface area contributed by atoms with Gasteiger partial charge in [0.2, 0.25) is 5.91 Å². The Kier molecular flexibility index (Phi) is 7.91. The molecule has 27 heavy (non-hydrogen) atoms. The van der Waals surface area contributed by atoms with Crippen LogP contribution in [0.1, 0.15) is 13.3 Å². The Labute approximate surface area is 166 Å². The molecule has 1 aromatic rings. The normalized spacial score (nSPS) is 20.7. The van der Waals surface area contributed by atoms with E-state index in [1.165, 1.54) is 12.1 Å². The summed E-state index contributed by atoms with van der Waals surface area (Å²) >= 11 is 6.71. The van der Waals surface area contributed by atoms with E-state index in [4.69, 9.17) is 20.5 Å². The topological polar surface area (TPSA) is 79.7 Å². The Morgan fingerprint density at radius 3 is 2.85 bits per heavy atom. The van der Waals surface area contributed by atoms with Crippen LogP contribution in [-0.2, 0) is 13.8 Å². The second-order valence-electron chi connectivity index (χ2n) is 5.84. The molecule has 0 radical (unpaired) electrons. The minimum absolute atomic E-state index is 0.0168. The Bertz CT molecular complexity index is 721. The lowest BCUT2D eigenvalue weighted by atomic mass is 10.3. The van der Waals surface area contributed by atoms with Crippen LogP contribution in [0.2, 0.25) is 5.02 Å². The molecule has 2 N–H and O–H groups in total. The maximum Gasteiger partial charge on any atom is 0.257 e. The van der Waals surface area contributed by atoms with Crippen LogP contribution in [0.5, 0.6) is 5.75 Å². The number of benzene rings is 1. The van der Waals surface area contributed by atoms with Gasteiger partial charge in [-0.1, -0.05) is 18.2 Å². The Morgan fingerprint density at radius 1 is 1.44 bits per heavy atom. The summed E-state index contributed by atoms with van der Waals surface area (Å²) in [5.41, 5.74) is 0.502. The highest BCUT2D eigenvalue weighted by molar-refractivity contribution is 7.92. The van der Waals surface area contributed by atoms with Crippen molar-refractivity contribution in [2.24, 2.45) is 0 Å². The van der Waals surface area contributed by atoms with Gasteiger partial charge in [-0.3, -0.25) is 9.59 Å². The van der Waals surface area contributed by atoms with Gasteiger partial charge < -0.3 is 19.6 Å². The van der Waals surface area contributed by atoms with Crippen molar-refractivity contribution >= 4 is 35.6 Å². The summed E-state index contributed by atoms with van der Waals surface area (Å²) in [6.45, 7) is 5.73. The number of rotatable bonds is 10. The number of hydrogen-bond donors (Lipinski definition) is 2. The molecule has 0 bridgehead atoms. The van der Waals surface area contributed by atoms with E-state index >= 15 is 0 Å². The summed E-state index contributed by atoms with van der Waals surface area (Å²) in [4.78, 5) is 23.8. The highest BCUT2D eigenvalue weighted by Gasteiger charge is 2.50. The molecule has 10 heteroatoms. The van der Waals surface area contributed by atoms with Gasteiger partial charge in [-0.05, 0) is 19.1 Å². The lowest BCUT2D eigenvalue weighted by Crippen LogP contribution is -2.33. The molecule has 2 amide bonds. The summed E-state index contributed by atoms with van der Waals surface area (Å²) in [5.74, 6) is -0.936. The van der Waals surface area contributed by atoms with Crippen LogP contribution < -0.4 is 15.4 Å². The molecule has 0 aliphatic carbocycles. The number of amides is 2. The molecule has 1 heterocycles. The van der Waals surface area contributed by atoms with Gasteiger partial charge in [0.25, 0.3) is 5.91 Å². The van der Waals surface area contributed by atoms with Crippen LogP contribution in [0.4, 0.5) is 4.39 Å². The summed E-state index contributed by atoms with van der Waals surface area (Å²) in [5, 5.41) is 5.34. The van der Waals surface area contributed by atoms with E-state index in [0.29, 0.717) is 12.1 Å². The first kappa shape index (κ1) is 21.5. The molecule has 1 aliphatic rings. The third-order valence-electron chi connectivity index (χ3n) is 3.78. The molecule has 148 valence electrons. The number of carbonyl (C=O) groups is 2. The highest BCUT2D eigenvalue weighted by Crippen LogP contribution is 2.36. The van der Waals surface area contributed by atoms with Gasteiger partial charge in [-0.2, -0.15) is 0 Å². The van der Waals surface area contributed by atoms with Crippen LogP contribution >= 0.6 is 23.8 Å². The molecule has 1 fully saturated rings. The minimum Gasteiger partial charge on any atom is -0.484 e. The van der Waals surface area contributed by atoms with E-state index in [0.717, 1.165) is 18.3 Å². The fraction of sp³-hybridized carbons (Fsp3) is 0.412. The van der Waals surface area contributed by atoms with Crippen LogP contribution in [0, 0.1) is 5.82 Å². The van der Waals surface area contributed by atoms with E-state index in [1.807, 2.05) is 11.2 Å². The zero-order valence-electron chi connectivity index (χ0n) is 15.0. The zero-order valence-corrected chi connectivity index (χ0v) is 16.5. The Balaban J connectivity index is 1.62. The summed E-state index contributed by atoms with van der Waals surface area (Å²) in [6.07, 6.45) is 0.381. The second kappa shape index (κ2) is 9.93. The minimum atomic E-state index is -0.617. The largest absolute Gasteiger partial charge is 0.484 e. The maximum atomic E-state index is 13.3. The van der Waals surface area contributed by atoms with Gasteiger partial charge in [0.1, 0.15) is 17.6 Å². The SMILES string of the molecule is C=C(CCNC(=O)COc1ccc(Cl)c(F)c1)NC(=O)C1C(C)N1SOC. The van der Waals surface area contributed by atoms with Crippen LogP contribution in [-0.4, -0.2) is 48.5 Å². The second-order valence-corrected chi connectivity index (χ2v) is 7.16. The van der Waals surface area contributed by atoms with Gasteiger partial charge in [0.15, 0.2) is 6.61 Å². The third kappa shape index (κ3) is 6.39. The molecule has 1 aliphatic heterocycles. The maximum absolute atomic E-state index is 13.3. The van der Waals surface area contributed by atoms with Crippen LogP contribution in [0.25, 0.3) is 0 Å².